The maximum atomic E-state index is 12.0. The molecule has 1 aromatic rings. The van der Waals surface area contributed by atoms with Crippen LogP contribution in [0, 0.1) is 0 Å². The van der Waals surface area contributed by atoms with E-state index in [4.69, 9.17) is 4.74 Å². The first kappa shape index (κ1) is 12.9. The summed E-state index contributed by atoms with van der Waals surface area (Å²) in [5.74, 6) is 0.387. The topological polar surface area (TPSA) is 58.6 Å². The summed E-state index contributed by atoms with van der Waals surface area (Å²) >= 11 is 0. The van der Waals surface area contributed by atoms with Crippen molar-refractivity contribution in [3.8, 4) is 5.75 Å². The number of nitrogens with one attached hydrogen (secondary N) is 1. The van der Waals surface area contributed by atoms with Gasteiger partial charge in [0.05, 0.1) is 17.8 Å². The molecular formula is C14H19NO3. The first-order chi connectivity index (χ1) is 8.64. The van der Waals surface area contributed by atoms with Crippen LogP contribution in [0.4, 0.5) is 0 Å². The van der Waals surface area contributed by atoms with Gasteiger partial charge in [-0.15, -0.1) is 0 Å². The van der Waals surface area contributed by atoms with Crippen LogP contribution in [-0.2, 0) is 0 Å². The van der Waals surface area contributed by atoms with E-state index in [1.807, 2.05) is 13.0 Å². The fourth-order valence-electron chi connectivity index (χ4n) is 2.04. The highest BCUT2D eigenvalue weighted by atomic mass is 16.5. The van der Waals surface area contributed by atoms with Gasteiger partial charge in [0.15, 0.2) is 0 Å². The van der Waals surface area contributed by atoms with Crippen molar-refractivity contribution in [2.24, 2.45) is 0 Å². The molecule has 98 valence electrons. The molecule has 0 saturated heterocycles. The third kappa shape index (κ3) is 2.82. The van der Waals surface area contributed by atoms with Gasteiger partial charge in [-0.3, -0.25) is 4.79 Å². The predicted molar refractivity (Wildman–Crippen MR) is 68.7 cm³/mol. The Kier molecular flexibility index (Phi) is 3.87. The summed E-state index contributed by atoms with van der Waals surface area (Å²) in [7, 11) is 0. The highest BCUT2D eigenvalue weighted by molar-refractivity contribution is 5.96. The molecule has 1 aliphatic carbocycles. The number of carbonyl (C=O) groups is 1. The second-order valence-corrected chi connectivity index (χ2v) is 4.69. The Morgan fingerprint density at radius 2 is 2.17 bits per heavy atom. The number of benzene rings is 1. The quantitative estimate of drug-likeness (QED) is 0.835. The maximum absolute atomic E-state index is 12.0. The van der Waals surface area contributed by atoms with Crippen LogP contribution >= 0.6 is 0 Å². The molecule has 4 heteroatoms. The summed E-state index contributed by atoms with van der Waals surface area (Å²) in [6, 6.07) is 7.14. The van der Waals surface area contributed by atoms with Crippen molar-refractivity contribution >= 4 is 5.91 Å². The molecule has 0 unspecified atom stereocenters. The first-order valence-corrected chi connectivity index (χ1v) is 6.37. The molecule has 2 rings (SSSR count). The molecule has 0 atom stereocenters. The van der Waals surface area contributed by atoms with Crippen molar-refractivity contribution in [3.63, 3.8) is 0 Å². The molecule has 1 saturated carbocycles. The molecule has 2 N–H and O–H groups in total. The fourth-order valence-corrected chi connectivity index (χ4v) is 2.04. The highest BCUT2D eigenvalue weighted by Crippen LogP contribution is 2.30. The molecule has 0 heterocycles. The van der Waals surface area contributed by atoms with Gasteiger partial charge < -0.3 is 15.2 Å². The fraction of sp³-hybridized carbons (Fsp3) is 0.500. The summed E-state index contributed by atoms with van der Waals surface area (Å²) in [6.07, 6.45) is 2.56. The largest absolute Gasteiger partial charge is 0.493 e. The van der Waals surface area contributed by atoms with Crippen molar-refractivity contribution < 1.29 is 14.6 Å². The van der Waals surface area contributed by atoms with Crippen LogP contribution in [0.1, 0.15) is 36.5 Å². The standard InChI is InChI=1S/C14H19NO3/c1-2-18-12-7-4-3-6-11(12)13(16)15-10-14(17)8-5-9-14/h3-4,6-7,17H,2,5,8-10H2,1H3,(H,15,16). The number of hydrogen-bond acceptors (Lipinski definition) is 3. The van der Waals surface area contributed by atoms with Gasteiger partial charge in [-0.1, -0.05) is 12.1 Å². The van der Waals surface area contributed by atoms with Crippen LogP contribution < -0.4 is 10.1 Å². The van der Waals surface area contributed by atoms with Crippen LogP contribution in [-0.4, -0.2) is 29.8 Å². The third-order valence-corrected chi connectivity index (χ3v) is 3.29. The van der Waals surface area contributed by atoms with Crippen LogP contribution in [0.3, 0.4) is 0 Å². The minimum atomic E-state index is -0.698. The third-order valence-electron chi connectivity index (χ3n) is 3.29. The second kappa shape index (κ2) is 5.40. The summed E-state index contributed by atoms with van der Waals surface area (Å²) in [5.41, 5.74) is -0.182. The van der Waals surface area contributed by atoms with Gasteiger partial charge in [-0.2, -0.15) is 0 Å². The highest BCUT2D eigenvalue weighted by Gasteiger charge is 2.34. The van der Waals surface area contributed by atoms with Crippen LogP contribution in [0.15, 0.2) is 24.3 Å². The van der Waals surface area contributed by atoms with Crippen LogP contribution in [0.5, 0.6) is 5.75 Å². The van der Waals surface area contributed by atoms with Gasteiger partial charge in [0, 0.05) is 6.54 Å². The Morgan fingerprint density at radius 3 is 2.78 bits per heavy atom. The van der Waals surface area contributed by atoms with Crippen molar-refractivity contribution in [3.05, 3.63) is 29.8 Å². The van der Waals surface area contributed by atoms with Crippen molar-refractivity contribution in [2.75, 3.05) is 13.2 Å². The van der Waals surface area contributed by atoms with E-state index >= 15 is 0 Å². The van der Waals surface area contributed by atoms with E-state index in [9.17, 15) is 9.90 Å². The van der Waals surface area contributed by atoms with E-state index in [0.717, 1.165) is 19.3 Å². The summed E-state index contributed by atoms with van der Waals surface area (Å²) < 4.78 is 5.41. The normalized spacial score (nSPS) is 16.8. The zero-order valence-electron chi connectivity index (χ0n) is 10.6. The van der Waals surface area contributed by atoms with Gasteiger partial charge in [0.2, 0.25) is 0 Å². The number of amides is 1. The van der Waals surface area contributed by atoms with Crippen LogP contribution in [0.25, 0.3) is 0 Å². The van der Waals surface area contributed by atoms with Gasteiger partial charge in [0.25, 0.3) is 5.91 Å². The number of hydrogen-bond donors (Lipinski definition) is 2. The van der Waals surface area contributed by atoms with E-state index in [2.05, 4.69) is 5.32 Å². The monoisotopic (exact) mass is 249 g/mol. The molecule has 0 radical (unpaired) electrons. The van der Waals surface area contributed by atoms with E-state index in [1.165, 1.54) is 0 Å². The Balaban J connectivity index is 1.99. The average molecular weight is 249 g/mol. The number of rotatable bonds is 5. The van der Waals surface area contributed by atoms with Crippen molar-refractivity contribution in [2.45, 2.75) is 31.8 Å². The Hall–Kier alpha value is -1.55. The minimum Gasteiger partial charge on any atom is -0.493 e. The lowest BCUT2D eigenvalue weighted by atomic mass is 9.80. The Bertz CT molecular complexity index is 427. The van der Waals surface area contributed by atoms with E-state index in [0.29, 0.717) is 24.5 Å². The Labute approximate surface area is 107 Å². The molecule has 18 heavy (non-hydrogen) atoms. The van der Waals surface area contributed by atoms with E-state index in [1.54, 1.807) is 18.2 Å². The lowest BCUT2D eigenvalue weighted by molar-refractivity contribution is -0.0300. The number of aliphatic hydroxyl groups is 1. The van der Waals surface area contributed by atoms with Gasteiger partial charge in [-0.05, 0) is 38.3 Å². The van der Waals surface area contributed by atoms with Crippen LogP contribution in [0.2, 0.25) is 0 Å². The lowest BCUT2D eigenvalue weighted by Gasteiger charge is -2.36. The van der Waals surface area contributed by atoms with Crippen molar-refractivity contribution in [1.82, 2.24) is 5.32 Å². The molecule has 0 aromatic heterocycles. The first-order valence-electron chi connectivity index (χ1n) is 6.37. The zero-order valence-corrected chi connectivity index (χ0v) is 10.6. The number of ether oxygens (including phenoxy) is 1. The average Bonchev–Trinajstić information content (AvgIpc) is 2.35. The molecule has 0 spiro atoms. The van der Waals surface area contributed by atoms with E-state index in [-0.39, 0.29) is 5.91 Å². The van der Waals surface area contributed by atoms with Crippen molar-refractivity contribution in [1.29, 1.82) is 0 Å². The summed E-state index contributed by atoms with van der Waals surface area (Å²) in [4.78, 5) is 12.0. The summed E-state index contributed by atoms with van der Waals surface area (Å²) in [6.45, 7) is 2.71. The molecule has 1 aliphatic rings. The smallest absolute Gasteiger partial charge is 0.255 e. The number of carbonyl (C=O) groups excluding carboxylic acids is 1. The molecule has 1 amide bonds. The predicted octanol–water partition coefficient (Wildman–Crippen LogP) is 1.73. The molecule has 4 nitrogen and oxygen atoms in total. The molecule has 1 aromatic carbocycles. The summed E-state index contributed by atoms with van der Waals surface area (Å²) in [5, 5.41) is 12.7. The SMILES string of the molecule is CCOc1ccccc1C(=O)NCC1(O)CCC1. The van der Waals surface area contributed by atoms with Gasteiger partial charge >= 0.3 is 0 Å². The molecule has 0 bridgehead atoms. The molecular weight excluding hydrogens is 230 g/mol. The van der Waals surface area contributed by atoms with Gasteiger partial charge in [0.1, 0.15) is 5.75 Å². The van der Waals surface area contributed by atoms with E-state index < -0.39 is 5.60 Å². The molecule has 0 aliphatic heterocycles. The number of para-hydroxylation sites is 1. The van der Waals surface area contributed by atoms with Gasteiger partial charge in [-0.25, -0.2) is 0 Å². The molecule has 1 fully saturated rings. The maximum Gasteiger partial charge on any atom is 0.255 e. The second-order valence-electron chi connectivity index (χ2n) is 4.69. The lowest BCUT2D eigenvalue weighted by Crippen LogP contribution is -2.47. The Morgan fingerprint density at radius 1 is 1.44 bits per heavy atom. The zero-order chi connectivity index (χ0) is 13.0. The minimum absolute atomic E-state index is 0.195.